The SMILES string of the molecule is N[C@@H]1c2ccccc2CC12CCN(c1ncc(Sc3ccnc(Cl)c3Cl)nc1CO)CC2.O=CO. The molecule has 11 heteroatoms. The fourth-order valence-electron chi connectivity index (χ4n) is 4.88. The van der Waals surface area contributed by atoms with Crippen molar-refractivity contribution in [1.29, 1.82) is 0 Å². The Balaban J connectivity index is 0.000000917. The maximum absolute atomic E-state index is 9.99. The number of nitrogens with zero attached hydrogens (tertiary/aromatic N) is 4. The van der Waals surface area contributed by atoms with Gasteiger partial charge in [0.2, 0.25) is 0 Å². The summed E-state index contributed by atoms with van der Waals surface area (Å²) >= 11 is 13.6. The molecule has 1 aliphatic carbocycles. The van der Waals surface area contributed by atoms with Crippen molar-refractivity contribution < 1.29 is 15.0 Å². The Morgan fingerprint density at radius 1 is 1.20 bits per heavy atom. The average molecular weight is 534 g/mol. The maximum atomic E-state index is 9.99. The molecule has 35 heavy (non-hydrogen) atoms. The lowest BCUT2D eigenvalue weighted by Crippen LogP contribution is -2.45. The van der Waals surface area contributed by atoms with Crippen LogP contribution in [-0.2, 0) is 17.8 Å². The van der Waals surface area contributed by atoms with E-state index in [2.05, 4.69) is 44.1 Å². The Morgan fingerprint density at radius 3 is 2.60 bits per heavy atom. The number of aromatic nitrogens is 3. The van der Waals surface area contributed by atoms with E-state index in [0.29, 0.717) is 15.7 Å². The molecule has 3 heterocycles. The second-order valence-electron chi connectivity index (χ2n) is 8.46. The van der Waals surface area contributed by atoms with Gasteiger partial charge >= 0.3 is 0 Å². The minimum absolute atomic E-state index is 0.0694. The van der Waals surface area contributed by atoms with E-state index in [0.717, 1.165) is 43.1 Å². The van der Waals surface area contributed by atoms with Crippen molar-refractivity contribution in [2.45, 2.75) is 41.8 Å². The van der Waals surface area contributed by atoms with Gasteiger partial charge in [-0.2, -0.15) is 0 Å². The zero-order valence-corrected chi connectivity index (χ0v) is 21.1. The Hall–Kier alpha value is -2.43. The molecule has 184 valence electrons. The van der Waals surface area contributed by atoms with Crippen molar-refractivity contribution in [1.82, 2.24) is 15.0 Å². The van der Waals surface area contributed by atoms with E-state index in [9.17, 15) is 5.11 Å². The molecular formula is C24H25Cl2N5O3S. The lowest BCUT2D eigenvalue weighted by molar-refractivity contribution is -0.122. The van der Waals surface area contributed by atoms with Crippen LogP contribution in [0, 0.1) is 5.41 Å². The molecule has 1 saturated heterocycles. The minimum Gasteiger partial charge on any atom is -0.483 e. The topological polar surface area (TPSA) is 125 Å². The van der Waals surface area contributed by atoms with Gasteiger partial charge in [-0.25, -0.2) is 15.0 Å². The van der Waals surface area contributed by atoms with Crippen molar-refractivity contribution in [3.8, 4) is 0 Å². The first-order valence-corrected chi connectivity index (χ1v) is 12.6. The molecule has 0 saturated carbocycles. The largest absolute Gasteiger partial charge is 0.483 e. The summed E-state index contributed by atoms with van der Waals surface area (Å²) in [4.78, 5) is 24.6. The molecule has 1 fully saturated rings. The van der Waals surface area contributed by atoms with Crippen molar-refractivity contribution in [2.24, 2.45) is 11.1 Å². The van der Waals surface area contributed by atoms with Crippen LogP contribution in [0.15, 0.2) is 52.6 Å². The number of halogens is 2. The Morgan fingerprint density at radius 2 is 1.91 bits per heavy atom. The van der Waals surface area contributed by atoms with Gasteiger partial charge in [0.1, 0.15) is 15.9 Å². The number of carbonyl (C=O) groups is 1. The molecular weight excluding hydrogens is 509 g/mol. The molecule has 2 aliphatic rings. The molecule has 5 rings (SSSR count). The smallest absolute Gasteiger partial charge is 0.290 e. The molecule has 0 radical (unpaired) electrons. The van der Waals surface area contributed by atoms with Gasteiger partial charge in [0, 0.05) is 30.2 Å². The molecule has 1 aliphatic heterocycles. The Labute approximate surface area is 217 Å². The van der Waals surface area contributed by atoms with Gasteiger partial charge in [-0.1, -0.05) is 59.2 Å². The van der Waals surface area contributed by atoms with Gasteiger partial charge in [-0.3, -0.25) is 4.79 Å². The molecule has 2 aromatic heterocycles. The summed E-state index contributed by atoms with van der Waals surface area (Å²) in [7, 11) is 0. The number of rotatable bonds is 4. The summed E-state index contributed by atoms with van der Waals surface area (Å²) in [6.07, 6.45) is 6.31. The highest BCUT2D eigenvalue weighted by Crippen LogP contribution is 2.51. The number of hydrogen-bond donors (Lipinski definition) is 3. The Kier molecular flexibility index (Phi) is 8.13. The molecule has 4 N–H and O–H groups in total. The summed E-state index contributed by atoms with van der Waals surface area (Å²) in [5, 5.41) is 18.1. The van der Waals surface area contributed by atoms with Gasteiger partial charge in [-0.05, 0) is 41.9 Å². The van der Waals surface area contributed by atoms with Crippen LogP contribution in [-0.4, -0.2) is 44.7 Å². The van der Waals surface area contributed by atoms with Crippen molar-refractivity contribution in [2.75, 3.05) is 18.0 Å². The highest BCUT2D eigenvalue weighted by Gasteiger charge is 2.46. The number of carboxylic acid groups (broad SMARTS) is 1. The molecule has 1 aromatic carbocycles. The molecule has 1 atom stereocenters. The highest BCUT2D eigenvalue weighted by atomic mass is 35.5. The molecule has 0 unspecified atom stereocenters. The number of benzene rings is 1. The zero-order valence-electron chi connectivity index (χ0n) is 18.8. The van der Waals surface area contributed by atoms with Crippen molar-refractivity contribution in [3.05, 3.63) is 69.7 Å². The number of anilines is 1. The standard InChI is InChI=1S/C23H23Cl2N5OS.CH2O2/c24-19-17(5-8-27-21(19)25)32-18-12-28-22(16(13-31)29-18)30-9-6-23(7-10-30)11-14-3-1-2-4-15(14)20(23)26;2-1-3/h1-5,8,12,20,31H,6-7,9-11,13,26H2;1H,(H,2,3)/t20-;/m1./s1. The summed E-state index contributed by atoms with van der Waals surface area (Å²) in [5.74, 6) is 0.731. The molecule has 0 amide bonds. The number of nitrogens with two attached hydrogens (primary N) is 1. The van der Waals surface area contributed by atoms with Crippen LogP contribution in [0.25, 0.3) is 0 Å². The second-order valence-corrected chi connectivity index (χ2v) is 10.3. The zero-order chi connectivity index (χ0) is 25.0. The van der Waals surface area contributed by atoms with Gasteiger partial charge in [0.15, 0.2) is 5.82 Å². The van der Waals surface area contributed by atoms with E-state index in [-0.39, 0.29) is 29.7 Å². The average Bonchev–Trinajstić information content (AvgIpc) is 3.14. The lowest BCUT2D eigenvalue weighted by Gasteiger charge is -2.42. The second kappa shape index (κ2) is 11.1. The first kappa shape index (κ1) is 25.7. The summed E-state index contributed by atoms with van der Waals surface area (Å²) in [6.45, 7) is 1.23. The predicted molar refractivity (Wildman–Crippen MR) is 136 cm³/mol. The van der Waals surface area contributed by atoms with E-state index in [1.54, 1.807) is 18.5 Å². The van der Waals surface area contributed by atoms with E-state index in [4.69, 9.17) is 38.8 Å². The van der Waals surface area contributed by atoms with Crippen molar-refractivity contribution in [3.63, 3.8) is 0 Å². The lowest BCUT2D eigenvalue weighted by atomic mass is 9.73. The third-order valence-electron chi connectivity index (χ3n) is 6.63. The first-order valence-electron chi connectivity index (χ1n) is 11.0. The summed E-state index contributed by atoms with van der Waals surface area (Å²) in [5.41, 5.74) is 10.0. The number of piperidine rings is 1. The van der Waals surface area contributed by atoms with Crippen LogP contribution in [0.5, 0.6) is 0 Å². The first-order chi connectivity index (χ1) is 16.9. The van der Waals surface area contributed by atoms with Gasteiger partial charge < -0.3 is 20.8 Å². The van der Waals surface area contributed by atoms with Crippen LogP contribution in [0.3, 0.4) is 0 Å². The number of fused-ring (bicyclic) bond motifs is 1. The van der Waals surface area contributed by atoms with Crippen LogP contribution in [0.1, 0.15) is 35.7 Å². The number of hydrogen-bond acceptors (Lipinski definition) is 8. The van der Waals surface area contributed by atoms with E-state index >= 15 is 0 Å². The number of pyridine rings is 1. The molecule has 3 aromatic rings. The third kappa shape index (κ3) is 5.24. The number of aliphatic hydroxyl groups excluding tert-OH is 1. The Bertz CT molecular complexity index is 1210. The fraction of sp³-hybridized carbons (Fsp3) is 0.333. The minimum atomic E-state index is -0.250. The van der Waals surface area contributed by atoms with Gasteiger partial charge in [0.25, 0.3) is 6.47 Å². The fourth-order valence-corrected chi connectivity index (χ4v) is 6.13. The normalized spacial score (nSPS) is 18.1. The van der Waals surface area contributed by atoms with Crippen LogP contribution < -0.4 is 10.6 Å². The molecule has 1 spiro atoms. The molecule has 8 nitrogen and oxygen atoms in total. The predicted octanol–water partition coefficient (Wildman–Crippen LogP) is 4.37. The van der Waals surface area contributed by atoms with Gasteiger partial charge in [-0.15, -0.1) is 0 Å². The number of aliphatic hydroxyl groups is 1. The van der Waals surface area contributed by atoms with Crippen LogP contribution in [0.4, 0.5) is 5.82 Å². The third-order valence-corrected chi connectivity index (χ3v) is 8.47. The van der Waals surface area contributed by atoms with E-state index in [1.165, 1.54) is 22.9 Å². The highest BCUT2D eigenvalue weighted by molar-refractivity contribution is 7.99. The van der Waals surface area contributed by atoms with Crippen LogP contribution >= 0.6 is 35.0 Å². The monoisotopic (exact) mass is 533 g/mol. The van der Waals surface area contributed by atoms with Gasteiger partial charge in [0.05, 0.1) is 17.8 Å². The summed E-state index contributed by atoms with van der Waals surface area (Å²) < 4.78 is 0. The molecule has 0 bridgehead atoms. The maximum Gasteiger partial charge on any atom is 0.290 e. The van der Waals surface area contributed by atoms with Crippen molar-refractivity contribution >= 4 is 47.3 Å². The van der Waals surface area contributed by atoms with E-state index < -0.39 is 0 Å². The quantitative estimate of drug-likeness (QED) is 0.331. The van der Waals surface area contributed by atoms with Crippen LogP contribution in [0.2, 0.25) is 10.2 Å². The van der Waals surface area contributed by atoms with E-state index in [1.807, 2.05) is 0 Å². The summed E-state index contributed by atoms with van der Waals surface area (Å²) in [6, 6.07) is 10.4.